The molecule has 0 radical (unpaired) electrons. The van der Waals surface area contributed by atoms with E-state index in [9.17, 15) is 0 Å². The molecule has 0 amide bonds. The molecule has 0 aliphatic carbocycles. The molecule has 0 aliphatic rings. The van der Waals surface area contributed by atoms with Gasteiger partial charge in [-0.15, -0.1) is 5.10 Å². The molecule has 0 spiro atoms. The predicted octanol–water partition coefficient (Wildman–Crippen LogP) is 4.16. The number of pyridine rings is 1. The summed E-state index contributed by atoms with van der Waals surface area (Å²) >= 11 is 6.41. The molecule has 0 N–H and O–H groups in total. The zero-order valence-corrected chi connectivity index (χ0v) is 12.3. The van der Waals surface area contributed by atoms with Crippen LogP contribution in [-0.4, -0.2) is 14.6 Å². The Morgan fingerprint density at radius 2 is 1.94 bits per heavy atom. The Morgan fingerprint density at radius 1 is 1.28 bits per heavy atom. The first kappa shape index (κ1) is 13.3. The molecule has 0 saturated carbocycles. The zero-order valence-electron chi connectivity index (χ0n) is 11.5. The second kappa shape index (κ2) is 5.27. The number of halogens is 1. The molecule has 3 nitrogen and oxygen atoms in total. The van der Waals surface area contributed by atoms with Gasteiger partial charge >= 0.3 is 0 Å². The smallest absolute Gasteiger partial charge is 0.157 e. The average molecular weight is 266 g/mol. The fourth-order valence-electron chi connectivity index (χ4n) is 2.40. The quantitative estimate of drug-likeness (QED) is 0.777. The number of fused-ring (bicyclic) bond motifs is 1. The van der Waals surface area contributed by atoms with Gasteiger partial charge in [0, 0.05) is 5.92 Å². The third kappa shape index (κ3) is 2.12. The summed E-state index contributed by atoms with van der Waals surface area (Å²) in [7, 11) is 0. The van der Waals surface area contributed by atoms with E-state index in [0.717, 1.165) is 36.3 Å². The highest BCUT2D eigenvalue weighted by Gasteiger charge is 2.16. The average Bonchev–Trinajstić information content (AvgIpc) is 2.75. The van der Waals surface area contributed by atoms with Crippen molar-refractivity contribution in [2.24, 2.45) is 0 Å². The zero-order chi connectivity index (χ0) is 13.3. The number of aryl methyl sites for hydroxylation is 1. The maximum Gasteiger partial charge on any atom is 0.157 e. The minimum atomic E-state index is 0.423. The van der Waals surface area contributed by atoms with E-state index in [0.29, 0.717) is 11.1 Å². The summed E-state index contributed by atoms with van der Waals surface area (Å²) in [5.74, 6) is 1.33. The first-order valence-corrected chi connectivity index (χ1v) is 7.04. The lowest BCUT2D eigenvalue weighted by atomic mass is 10.0. The first-order valence-electron chi connectivity index (χ1n) is 6.66. The van der Waals surface area contributed by atoms with Crippen molar-refractivity contribution in [3.05, 3.63) is 28.2 Å². The van der Waals surface area contributed by atoms with Crippen LogP contribution in [0.3, 0.4) is 0 Å². The van der Waals surface area contributed by atoms with E-state index >= 15 is 0 Å². The molecule has 0 saturated heterocycles. The minimum Gasteiger partial charge on any atom is -0.212 e. The number of rotatable bonds is 4. The fraction of sp³-hybridized carbons (Fsp3) is 0.571. The monoisotopic (exact) mass is 265 g/mol. The molecule has 0 aliphatic heterocycles. The third-order valence-electron chi connectivity index (χ3n) is 3.61. The molecular weight excluding hydrogens is 246 g/mol. The Bertz CT molecular complexity index is 556. The molecule has 0 atom stereocenters. The lowest BCUT2D eigenvalue weighted by Gasteiger charge is -2.07. The van der Waals surface area contributed by atoms with Crippen LogP contribution in [0.2, 0.25) is 5.15 Å². The van der Waals surface area contributed by atoms with Gasteiger partial charge in [0.1, 0.15) is 5.15 Å². The van der Waals surface area contributed by atoms with E-state index in [-0.39, 0.29) is 0 Å². The molecule has 2 aromatic rings. The van der Waals surface area contributed by atoms with Crippen molar-refractivity contribution in [2.45, 2.75) is 52.9 Å². The lowest BCUT2D eigenvalue weighted by Crippen LogP contribution is -2.00. The van der Waals surface area contributed by atoms with Crippen LogP contribution in [0.5, 0.6) is 0 Å². The molecule has 4 heteroatoms. The van der Waals surface area contributed by atoms with Gasteiger partial charge in [0.25, 0.3) is 0 Å². The maximum absolute atomic E-state index is 6.41. The number of nitrogens with zero attached hydrogens (tertiary/aromatic N) is 3. The molecular formula is C14H20ClN3. The molecule has 2 heterocycles. The third-order valence-corrected chi connectivity index (χ3v) is 4.00. The van der Waals surface area contributed by atoms with Gasteiger partial charge in [-0.1, -0.05) is 32.4 Å². The van der Waals surface area contributed by atoms with Crippen LogP contribution in [0.25, 0.3) is 5.65 Å². The van der Waals surface area contributed by atoms with Crippen molar-refractivity contribution in [1.82, 2.24) is 14.6 Å². The van der Waals surface area contributed by atoms with Crippen LogP contribution < -0.4 is 0 Å². The molecule has 0 fully saturated rings. The van der Waals surface area contributed by atoms with Crippen LogP contribution >= 0.6 is 11.6 Å². The van der Waals surface area contributed by atoms with Crippen LogP contribution in [-0.2, 0) is 6.42 Å². The van der Waals surface area contributed by atoms with Gasteiger partial charge in [0.2, 0.25) is 0 Å². The van der Waals surface area contributed by atoms with Crippen LogP contribution in [0.4, 0.5) is 0 Å². The molecule has 2 rings (SSSR count). The van der Waals surface area contributed by atoms with Gasteiger partial charge in [-0.3, -0.25) is 0 Å². The van der Waals surface area contributed by atoms with Crippen LogP contribution in [0.15, 0.2) is 6.07 Å². The van der Waals surface area contributed by atoms with Gasteiger partial charge in [0.05, 0.1) is 0 Å². The van der Waals surface area contributed by atoms with E-state index in [4.69, 9.17) is 11.6 Å². The Hall–Kier alpha value is -1.09. The van der Waals surface area contributed by atoms with Crippen molar-refractivity contribution in [3.63, 3.8) is 0 Å². The second-order valence-corrected chi connectivity index (χ2v) is 5.06. The SMILES string of the molecule is CCc1c(C)cc2nc(C(CC)CC)nn2c1Cl. The Labute approximate surface area is 113 Å². The molecule has 0 unspecified atom stereocenters. The van der Waals surface area contributed by atoms with Crippen molar-refractivity contribution < 1.29 is 0 Å². The van der Waals surface area contributed by atoms with E-state index < -0.39 is 0 Å². The van der Waals surface area contributed by atoms with Crippen molar-refractivity contribution >= 4 is 17.2 Å². The standard InChI is InChI=1S/C14H20ClN3/c1-5-10(6-2)14-16-12-8-9(4)11(7-3)13(15)18(12)17-14/h8,10H,5-7H2,1-4H3. The second-order valence-electron chi connectivity index (χ2n) is 4.70. The normalized spacial score (nSPS) is 11.7. The van der Waals surface area contributed by atoms with E-state index in [1.54, 1.807) is 4.52 Å². The summed E-state index contributed by atoms with van der Waals surface area (Å²) in [5.41, 5.74) is 3.21. The van der Waals surface area contributed by atoms with E-state index in [1.807, 2.05) is 0 Å². The highest BCUT2D eigenvalue weighted by Crippen LogP contribution is 2.25. The molecule has 0 aromatic carbocycles. The molecule has 98 valence electrons. The number of hydrogen-bond donors (Lipinski definition) is 0. The summed E-state index contributed by atoms with van der Waals surface area (Å²) in [4.78, 5) is 4.62. The van der Waals surface area contributed by atoms with Gasteiger partial charge in [-0.05, 0) is 43.4 Å². The molecule has 2 aromatic heterocycles. The summed E-state index contributed by atoms with van der Waals surface area (Å²) < 4.78 is 1.78. The van der Waals surface area contributed by atoms with Crippen LogP contribution in [0, 0.1) is 6.92 Å². The maximum atomic E-state index is 6.41. The van der Waals surface area contributed by atoms with E-state index in [2.05, 4.69) is 43.8 Å². The van der Waals surface area contributed by atoms with Gasteiger partial charge in [-0.25, -0.2) is 9.50 Å². The molecule has 0 bridgehead atoms. The first-order chi connectivity index (χ1) is 8.62. The molecule has 18 heavy (non-hydrogen) atoms. The summed E-state index contributed by atoms with van der Waals surface area (Å²) in [6.07, 6.45) is 3.04. The Balaban J connectivity index is 2.61. The number of hydrogen-bond acceptors (Lipinski definition) is 2. The highest BCUT2D eigenvalue weighted by atomic mass is 35.5. The number of aromatic nitrogens is 3. The van der Waals surface area contributed by atoms with Gasteiger partial charge in [0.15, 0.2) is 11.5 Å². The van der Waals surface area contributed by atoms with Crippen molar-refractivity contribution in [3.8, 4) is 0 Å². The fourth-order valence-corrected chi connectivity index (χ4v) is 2.81. The summed E-state index contributed by atoms with van der Waals surface area (Å²) in [6, 6.07) is 2.07. The largest absolute Gasteiger partial charge is 0.212 e. The highest BCUT2D eigenvalue weighted by molar-refractivity contribution is 6.30. The van der Waals surface area contributed by atoms with E-state index in [1.165, 1.54) is 5.56 Å². The van der Waals surface area contributed by atoms with Crippen molar-refractivity contribution in [2.75, 3.05) is 0 Å². The van der Waals surface area contributed by atoms with Crippen LogP contribution in [0.1, 0.15) is 56.5 Å². The Kier molecular flexibility index (Phi) is 3.91. The summed E-state index contributed by atoms with van der Waals surface area (Å²) in [5, 5.41) is 5.28. The van der Waals surface area contributed by atoms with Gasteiger partial charge < -0.3 is 0 Å². The lowest BCUT2D eigenvalue weighted by molar-refractivity contribution is 0.601. The minimum absolute atomic E-state index is 0.423. The predicted molar refractivity (Wildman–Crippen MR) is 75.4 cm³/mol. The topological polar surface area (TPSA) is 30.2 Å². The Morgan fingerprint density at radius 3 is 2.50 bits per heavy atom. The summed E-state index contributed by atoms with van der Waals surface area (Å²) in [6.45, 7) is 8.53. The van der Waals surface area contributed by atoms with Crippen molar-refractivity contribution in [1.29, 1.82) is 0 Å². The van der Waals surface area contributed by atoms with Gasteiger partial charge in [-0.2, -0.15) is 0 Å².